The van der Waals surface area contributed by atoms with Gasteiger partial charge in [0.25, 0.3) is 0 Å². The van der Waals surface area contributed by atoms with Gasteiger partial charge in [-0.25, -0.2) is 8.42 Å². The summed E-state index contributed by atoms with van der Waals surface area (Å²) < 4.78 is 43.0. The lowest BCUT2D eigenvalue weighted by Gasteiger charge is -2.32. The molecule has 0 spiro atoms. The van der Waals surface area contributed by atoms with Crippen LogP contribution in [0.1, 0.15) is 37.8 Å². The van der Waals surface area contributed by atoms with Crippen LogP contribution in [-0.4, -0.2) is 64.4 Å². The topological polar surface area (TPSA) is 114 Å². The van der Waals surface area contributed by atoms with Gasteiger partial charge in [-0.3, -0.25) is 13.9 Å². The van der Waals surface area contributed by atoms with E-state index in [1.807, 2.05) is 68.4 Å². The van der Waals surface area contributed by atoms with Crippen molar-refractivity contribution >= 4 is 27.5 Å². The number of amides is 2. The maximum Gasteiger partial charge on any atom is 0.243 e. The van der Waals surface area contributed by atoms with Gasteiger partial charge in [0.05, 0.1) is 19.1 Å². The molecule has 44 heavy (non-hydrogen) atoms. The van der Waals surface area contributed by atoms with Gasteiger partial charge < -0.3 is 24.4 Å². The molecule has 11 heteroatoms. The molecule has 1 atom stereocenters. The molecule has 3 aromatic rings. The first-order valence-corrected chi connectivity index (χ1v) is 16.5. The number of nitrogens with zero attached hydrogens (tertiary/aromatic N) is 2. The summed E-state index contributed by atoms with van der Waals surface area (Å²) in [5.74, 6) is 1.39. The van der Waals surface area contributed by atoms with Crippen LogP contribution in [-0.2, 0) is 32.6 Å². The van der Waals surface area contributed by atoms with Crippen molar-refractivity contribution in [3.05, 3.63) is 83.9 Å². The van der Waals surface area contributed by atoms with E-state index >= 15 is 0 Å². The Bertz CT molecular complexity index is 1530. The van der Waals surface area contributed by atoms with Gasteiger partial charge in [-0.05, 0) is 47.7 Å². The third kappa shape index (κ3) is 8.89. The average Bonchev–Trinajstić information content (AvgIpc) is 3.48. The molecule has 1 heterocycles. The zero-order chi connectivity index (χ0) is 31.7. The number of rotatable bonds is 15. The predicted octanol–water partition coefficient (Wildman–Crippen LogP) is 4.38. The molecule has 2 amide bonds. The van der Waals surface area contributed by atoms with Crippen molar-refractivity contribution in [2.24, 2.45) is 5.92 Å². The quantitative estimate of drug-likeness (QED) is 0.267. The van der Waals surface area contributed by atoms with Crippen LogP contribution in [0, 0.1) is 5.92 Å². The molecule has 1 aliphatic heterocycles. The number of hydrogen-bond donors (Lipinski definition) is 1. The number of hydrogen-bond acceptors (Lipinski definition) is 7. The minimum atomic E-state index is -3.66. The lowest BCUT2D eigenvalue weighted by atomic mass is 10.0. The molecule has 3 aromatic carbocycles. The smallest absolute Gasteiger partial charge is 0.243 e. The Morgan fingerprint density at radius 3 is 2.39 bits per heavy atom. The maximum absolute atomic E-state index is 14.0. The van der Waals surface area contributed by atoms with Gasteiger partial charge in [0.1, 0.15) is 11.8 Å². The zero-order valence-corrected chi connectivity index (χ0v) is 26.5. The fourth-order valence-corrected chi connectivity index (χ4v) is 5.95. The SMILES string of the molecule is COc1cccc(CN(C(=O)CCCN(c2ccc3c(c2)OCO3)S(C)(=O)=O)C(Cc2ccccc2)C(=O)NCC(C)C)c1. The Morgan fingerprint density at radius 2 is 1.68 bits per heavy atom. The summed E-state index contributed by atoms with van der Waals surface area (Å²) in [6, 6.07) is 21.1. The molecular formula is C33H41N3O7S. The van der Waals surface area contributed by atoms with Gasteiger partial charge in [-0.1, -0.05) is 56.3 Å². The maximum atomic E-state index is 14.0. The molecule has 0 fully saturated rings. The molecule has 0 bridgehead atoms. The number of sulfonamides is 1. The summed E-state index contributed by atoms with van der Waals surface area (Å²) in [4.78, 5) is 29.3. The molecule has 10 nitrogen and oxygen atoms in total. The summed E-state index contributed by atoms with van der Waals surface area (Å²) in [5.41, 5.74) is 2.16. The Hall–Kier alpha value is -4.25. The zero-order valence-electron chi connectivity index (χ0n) is 25.7. The Balaban J connectivity index is 1.58. The summed E-state index contributed by atoms with van der Waals surface area (Å²) in [7, 11) is -2.09. The van der Waals surface area contributed by atoms with Crippen molar-refractivity contribution in [2.45, 2.75) is 45.7 Å². The van der Waals surface area contributed by atoms with E-state index in [9.17, 15) is 18.0 Å². The van der Waals surface area contributed by atoms with E-state index < -0.39 is 16.1 Å². The van der Waals surface area contributed by atoms with Crippen molar-refractivity contribution in [1.82, 2.24) is 10.2 Å². The highest BCUT2D eigenvalue weighted by atomic mass is 32.2. The third-order valence-corrected chi connectivity index (χ3v) is 8.43. The first kappa shape index (κ1) is 32.7. The molecule has 0 aliphatic carbocycles. The average molecular weight is 624 g/mol. The minimum Gasteiger partial charge on any atom is -0.497 e. The fraction of sp³-hybridized carbons (Fsp3) is 0.394. The first-order chi connectivity index (χ1) is 21.0. The molecule has 0 saturated heterocycles. The molecule has 0 radical (unpaired) electrons. The van der Waals surface area contributed by atoms with E-state index in [1.54, 1.807) is 30.2 Å². The molecule has 236 valence electrons. The number of fused-ring (bicyclic) bond motifs is 1. The second-order valence-electron chi connectivity index (χ2n) is 11.2. The second kappa shape index (κ2) is 15.0. The molecule has 1 N–H and O–H groups in total. The highest BCUT2D eigenvalue weighted by Gasteiger charge is 2.31. The molecule has 1 unspecified atom stereocenters. The number of benzene rings is 3. The van der Waals surface area contributed by atoms with Gasteiger partial charge in [-0.2, -0.15) is 0 Å². The first-order valence-electron chi connectivity index (χ1n) is 14.7. The van der Waals surface area contributed by atoms with Crippen molar-refractivity contribution in [3.63, 3.8) is 0 Å². The number of anilines is 1. The monoisotopic (exact) mass is 623 g/mol. The number of nitrogens with one attached hydrogen (secondary N) is 1. The van der Waals surface area contributed by atoms with Gasteiger partial charge in [0.15, 0.2) is 11.5 Å². The van der Waals surface area contributed by atoms with Crippen LogP contribution in [0.5, 0.6) is 17.2 Å². The molecule has 0 saturated carbocycles. The Kier molecular flexibility index (Phi) is 11.1. The normalized spacial score (nSPS) is 12.9. The molecule has 0 aromatic heterocycles. The van der Waals surface area contributed by atoms with Gasteiger partial charge in [0.2, 0.25) is 28.6 Å². The summed E-state index contributed by atoms with van der Waals surface area (Å²) in [6.07, 6.45) is 1.72. The third-order valence-electron chi connectivity index (χ3n) is 7.24. The lowest BCUT2D eigenvalue weighted by Crippen LogP contribution is -2.51. The molecular weight excluding hydrogens is 582 g/mol. The lowest BCUT2D eigenvalue weighted by molar-refractivity contribution is -0.141. The standard InChI is InChI=1S/C33H41N3O7S/c1-24(2)21-34-33(38)29(19-25-10-6-5-7-11-25)35(22-26-12-8-13-28(18-26)41-3)32(37)14-9-17-36(44(4,39)40)27-15-16-30-31(20-27)43-23-42-30/h5-8,10-13,15-16,18,20,24,29H,9,14,17,19,21-23H2,1-4H3,(H,34,38). The second-order valence-corrected chi connectivity index (χ2v) is 13.1. The van der Waals surface area contributed by atoms with Crippen molar-refractivity contribution in [2.75, 3.05) is 37.6 Å². The van der Waals surface area contributed by atoms with Crippen molar-refractivity contribution in [3.8, 4) is 17.2 Å². The highest BCUT2D eigenvalue weighted by Crippen LogP contribution is 2.36. The van der Waals surface area contributed by atoms with E-state index in [4.69, 9.17) is 14.2 Å². The number of carbonyl (C=O) groups excluding carboxylic acids is 2. The minimum absolute atomic E-state index is 0.0310. The highest BCUT2D eigenvalue weighted by molar-refractivity contribution is 7.92. The van der Waals surface area contributed by atoms with Crippen molar-refractivity contribution in [1.29, 1.82) is 0 Å². The van der Waals surface area contributed by atoms with Crippen LogP contribution >= 0.6 is 0 Å². The van der Waals surface area contributed by atoms with Crippen LogP contribution < -0.4 is 23.8 Å². The summed E-state index contributed by atoms with van der Waals surface area (Å²) in [6.45, 7) is 4.83. The number of ether oxygens (including phenoxy) is 3. The Labute approximate surface area is 260 Å². The largest absolute Gasteiger partial charge is 0.497 e. The summed E-state index contributed by atoms with van der Waals surface area (Å²) >= 11 is 0. The molecule has 4 rings (SSSR count). The van der Waals surface area contributed by atoms with Crippen LogP contribution in [0.4, 0.5) is 5.69 Å². The van der Waals surface area contributed by atoms with E-state index in [0.717, 1.165) is 17.4 Å². The van der Waals surface area contributed by atoms with Crippen LogP contribution in [0.2, 0.25) is 0 Å². The molecule has 1 aliphatic rings. The van der Waals surface area contributed by atoms with E-state index in [1.165, 1.54) is 4.31 Å². The Morgan fingerprint density at radius 1 is 0.955 bits per heavy atom. The van der Waals surface area contributed by atoms with Crippen LogP contribution in [0.3, 0.4) is 0 Å². The van der Waals surface area contributed by atoms with Gasteiger partial charge in [-0.15, -0.1) is 0 Å². The van der Waals surface area contributed by atoms with Gasteiger partial charge >= 0.3 is 0 Å². The van der Waals surface area contributed by atoms with E-state index in [2.05, 4.69) is 5.32 Å². The fourth-order valence-electron chi connectivity index (χ4n) is 4.99. The predicted molar refractivity (Wildman–Crippen MR) is 169 cm³/mol. The number of carbonyl (C=O) groups is 2. The van der Waals surface area contributed by atoms with Crippen LogP contribution in [0.25, 0.3) is 0 Å². The van der Waals surface area contributed by atoms with E-state index in [-0.39, 0.29) is 50.5 Å². The van der Waals surface area contributed by atoms with Gasteiger partial charge in [0, 0.05) is 38.5 Å². The van der Waals surface area contributed by atoms with Crippen LogP contribution in [0.15, 0.2) is 72.8 Å². The van der Waals surface area contributed by atoms with E-state index in [0.29, 0.717) is 35.9 Å². The summed E-state index contributed by atoms with van der Waals surface area (Å²) in [5, 5.41) is 3.02. The van der Waals surface area contributed by atoms with Crippen molar-refractivity contribution < 1.29 is 32.2 Å². The number of methoxy groups -OCH3 is 1.